The Morgan fingerprint density at radius 2 is 2.27 bits per heavy atom. The number of nitrogen functional groups attached to an aromatic ring is 1. The summed E-state index contributed by atoms with van der Waals surface area (Å²) in [6, 6.07) is 4.75. The predicted octanol–water partition coefficient (Wildman–Crippen LogP) is 2.07. The van der Waals surface area contributed by atoms with Crippen molar-refractivity contribution in [2.75, 3.05) is 12.8 Å². The summed E-state index contributed by atoms with van der Waals surface area (Å²) >= 11 is 6.17. The Hall–Kier alpha value is -2.28. The third kappa shape index (κ3) is 2.37. The van der Waals surface area contributed by atoms with E-state index in [0.29, 0.717) is 29.4 Å². The number of carbonyl (C=O) groups is 1. The zero-order chi connectivity index (χ0) is 15.9. The fourth-order valence-corrected chi connectivity index (χ4v) is 3.10. The Morgan fingerprint density at radius 3 is 2.91 bits per heavy atom. The van der Waals surface area contributed by atoms with Crippen LogP contribution in [0.1, 0.15) is 36.2 Å². The zero-order valence-corrected chi connectivity index (χ0v) is 12.6. The van der Waals surface area contributed by atoms with Gasteiger partial charge in [0.25, 0.3) is 0 Å². The van der Waals surface area contributed by atoms with Gasteiger partial charge in [0, 0.05) is 5.92 Å². The molecule has 7 nitrogen and oxygen atoms in total. The third-order valence-electron chi connectivity index (χ3n) is 3.87. The van der Waals surface area contributed by atoms with Gasteiger partial charge in [-0.15, -0.1) is 5.10 Å². The van der Waals surface area contributed by atoms with Crippen molar-refractivity contribution in [3.05, 3.63) is 34.6 Å². The van der Waals surface area contributed by atoms with Crippen LogP contribution in [-0.4, -0.2) is 33.0 Å². The van der Waals surface area contributed by atoms with Crippen molar-refractivity contribution in [1.82, 2.24) is 14.8 Å². The van der Waals surface area contributed by atoms with Crippen molar-refractivity contribution in [1.29, 1.82) is 0 Å². The van der Waals surface area contributed by atoms with Gasteiger partial charge in [0.2, 0.25) is 5.95 Å². The lowest BCUT2D eigenvalue weighted by atomic mass is 9.88. The number of fused-ring (bicyclic) bond motifs is 1. The summed E-state index contributed by atoms with van der Waals surface area (Å²) in [5.41, 5.74) is 6.59. The number of ether oxygens (including phenoxy) is 1. The van der Waals surface area contributed by atoms with E-state index in [-0.39, 0.29) is 11.9 Å². The molecule has 1 aromatic carbocycles. The molecule has 3 rings (SSSR count). The summed E-state index contributed by atoms with van der Waals surface area (Å²) in [5.74, 6) is 0.192. The third-order valence-corrected chi connectivity index (χ3v) is 4.17. The molecule has 0 bridgehead atoms. The van der Waals surface area contributed by atoms with E-state index >= 15 is 0 Å². The Kier molecular flexibility index (Phi) is 3.66. The summed E-state index contributed by atoms with van der Waals surface area (Å²) in [4.78, 5) is 15.5. The first-order valence-electron chi connectivity index (χ1n) is 6.79. The number of nitrogens with two attached hydrogens (primary N) is 1. The van der Waals surface area contributed by atoms with E-state index in [9.17, 15) is 9.90 Å². The highest BCUT2D eigenvalue weighted by Crippen LogP contribution is 2.39. The number of carboxylic acids is 1. The molecule has 2 heterocycles. The molecule has 2 atom stereocenters. The van der Waals surface area contributed by atoms with Crippen LogP contribution in [0.25, 0.3) is 0 Å². The van der Waals surface area contributed by atoms with Gasteiger partial charge in [-0.2, -0.15) is 4.98 Å². The fourth-order valence-electron chi connectivity index (χ4n) is 2.84. The molecule has 1 aliphatic rings. The molecule has 22 heavy (non-hydrogen) atoms. The number of methoxy groups -OCH3 is 1. The van der Waals surface area contributed by atoms with Gasteiger partial charge in [0.15, 0.2) is 6.04 Å². The maximum Gasteiger partial charge on any atom is 0.328 e. The summed E-state index contributed by atoms with van der Waals surface area (Å²) in [5, 5.41) is 13.8. The van der Waals surface area contributed by atoms with Gasteiger partial charge in [-0.05, 0) is 30.5 Å². The van der Waals surface area contributed by atoms with Crippen LogP contribution in [0.3, 0.4) is 0 Å². The second-order valence-electron chi connectivity index (χ2n) is 5.15. The van der Waals surface area contributed by atoms with Gasteiger partial charge < -0.3 is 15.6 Å². The van der Waals surface area contributed by atoms with Crippen molar-refractivity contribution in [2.24, 2.45) is 0 Å². The van der Waals surface area contributed by atoms with E-state index in [0.717, 1.165) is 5.56 Å². The first kappa shape index (κ1) is 14.6. The number of aromatic nitrogens is 3. The Bertz CT molecular complexity index is 731. The number of anilines is 1. The maximum absolute atomic E-state index is 11.3. The molecule has 0 aliphatic carbocycles. The molecule has 0 fully saturated rings. The Labute approximate surface area is 131 Å². The number of carboxylic acid groups (broad SMARTS) is 1. The molecule has 1 aliphatic heterocycles. The van der Waals surface area contributed by atoms with E-state index in [4.69, 9.17) is 22.1 Å². The first-order valence-corrected chi connectivity index (χ1v) is 7.17. The second kappa shape index (κ2) is 5.49. The van der Waals surface area contributed by atoms with Crippen LogP contribution >= 0.6 is 11.6 Å². The second-order valence-corrected chi connectivity index (χ2v) is 5.56. The lowest BCUT2D eigenvalue weighted by Gasteiger charge is -2.27. The van der Waals surface area contributed by atoms with Crippen molar-refractivity contribution in [3.8, 4) is 5.75 Å². The molecule has 2 unspecified atom stereocenters. The van der Waals surface area contributed by atoms with Crippen LogP contribution in [0.4, 0.5) is 5.95 Å². The SMILES string of the molecule is COc1ccc(C2CCC(C(=O)O)n3nc(N)nc32)cc1Cl. The lowest BCUT2D eigenvalue weighted by Crippen LogP contribution is -2.28. The molecule has 0 amide bonds. The number of benzene rings is 1. The van der Waals surface area contributed by atoms with Crippen LogP contribution in [0.2, 0.25) is 5.02 Å². The topological polar surface area (TPSA) is 103 Å². The van der Waals surface area contributed by atoms with Gasteiger partial charge in [0.1, 0.15) is 11.6 Å². The Morgan fingerprint density at radius 1 is 1.50 bits per heavy atom. The number of nitrogens with zero attached hydrogens (tertiary/aromatic N) is 3. The number of hydrogen-bond acceptors (Lipinski definition) is 5. The van der Waals surface area contributed by atoms with Gasteiger partial charge in [0.05, 0.1) is 12.1 Å². The molecule has 116 valence electrons. The van der Waals surface area contributed by atoms with Gasteiger partial charge in [-0.25, -0.2) is 9.48 Å². The summed E-state index contributed by atoms with van der Waals surface area (Å²) < 4.78 is 6.55. The summed E-state index contributed by atoms with van der Waals surface area (Å²) in [7, 11) is 1.55. The number of rotatable bonds is 3. The normalized spacial score (nSPS) is 20.5. The van der Waals surface area contributed by atoms with Crippen molar-refractivity contribution >= 4 is 23.5 Å². The average Bonchev–Trinajstić information content (AvgIpc) is 2.86. The summed E-state index contributed by atoms with van der Waals surface area (Å²) in [6.45, 7) is 0. The fraction of sp³-hybridized carbons (Fsp3) is 0.357. The lowest BCUT2D eigenvalue weighted by molar-refractivity contribution is -0.141. The quantitative estimate of drug-likeness (QED) is 0.896. The van der Waals surface area contributed by atoms with Crippen LogP contribution < -0.4 is 10.5 Å². The molecule has 2 aromatic rings. The highest BCUT2D eigenvalue weighted by molar-refractivity contribution is 6.32. The number of aliphatic carboxylic acids is 1. The van der Waals surface area contributed by atoms with Crippen LogP contribution in [0.15, 0.2) is 18.2 Å². The molecule has 3 N–H and O–H groups in total. The van der Waals surface area contributed by atoms with Crippen molar-refractivity contribution in [2.45, 2.75) is 24.8 Å². The van der Waals surface area contributed by atoms with Crippen molar-refractivity contribution < 1.29 is 14.6 Å². The van der Waals surface area contributed by atoms with Crippen LogP contribution in [-0.2, 0) is 4.79 Å². The van der Waals surface area contributed by atoms with E-state index in [1.807, 2.05) is 6.07 Å². The first-order chi connectivity index (χ1) is 10.5. The Balaban J connectivity index is 2.03. The van der Waals surface area contributed by atoms with E-state index in [1.165, 1.54) is 4.68 Å². The molecule has 1 aromatic heterocycles. The largest absolute Gasteiger partial charge is 0.495 e. The minimum absolute atomic E-state index is 0.0766. The molecule has 0 saturated heterocycles. The standard InChI is InChI=1S/C14H15ClN4O3/c1-22-11-5-2-7(6-9(11)15)8-3-4-10(13(20)21)19-12(8)17-14(16)18-19/h2,5-6,8,10H,3-4H2,1H3,(H2,16,18)(H,20,21). The van der Waals surface area contributed by atoms with E-state index < -0.39 is 12.0 Å². The van der Waals surface area contributed by atoms with Gasteiger partial charge in [-0.3, -0.25) is 0 Å². The summed E-state index contributed by atoms with van der Waals surface area (Å²) in [6.07, 6.45) is 1.09. The van der Waals surface area contributed by atoms with Gasteiger partial charge >= 0.3 is 5.97 Å². The molecule has 0 radical (unpaired) electrons. The van der Waals surface area contributed by atoms with Crippen molar-refractivity contribution in [3.63, 3.8) is 0 Å². The number of halogens is 1. The molecular weight excluding hydrogens is 308 g/mol. The molecule has 0 saturated carbocycles. The van der Waals surface area contributed by atoms with E-state index in [1.54, 1.807) is 19.2 Å². The predicted molar refractivity (Wildman–Crippen MR) is 80.2 cm³/mol. The number of hydrogen-bond donors (Lipinski definition) is 2. The zero-order valence-electron chi connectivity index (χ0n) is 11.9. The smallest absolute Gasteiger partial charge is 0.328 e. The maximum atomic E-state index is 11.3. The monoisotopic (exact) mass is 322 g/mol. The minimum atomic E-state index is -0.933. The average molecular weight is 323 g/mol. The highest BCUT2D eigenvalue weighted by atomic mass is 35.5. The van der Waals surface area contributed by atoms with E-state index in [2.05, 4.69) is 10.1 Å². The van der Waals surface area contributed by atoms with Crippen LogP contribution in [0.5, 0.6) is 5.75 Å². The highest BCUT2D eigenvalue weighted by Gasteiger charge is 2.35. The minimum Gasteiger partial charge on any atom is -0.495 e. The molecule has 0 spiro atoms. The molecule has 8 heteroatoms. The molecular formula is C14H15ClN4O3. The van der Waals surface area contributed by atoms with Gasteiger partial charge in [-0.1, -0.05) is 17.7 Å². The van der Waals surface area contributed by atoms with Crippen LogP contribution in [0, 0.1) is 0 Å².